The van der Waals surface area contributed by atoms with Crippen LogP contribution in [0.3, 0.4) is 0 Å². The molecule has 0 bridgehead atoms. The quantitative estimate of drug-likeness (QED) is 0.856. The van der Waals surface area contributed by atoms with Gasteiger partial charge in [0.1, 0.15) is 0 Å². The maximum atomic E-state index is 10.1. The number of nitrogens with one attached hydrogen (secondary N) is 1. The van der Waals surface area contributed by atoms with Crippen LogP contribution in [0.4, 0.5) is 0 Å². The number of amides is 1. The maximum Gasteiger partial charge on any atom is 0.211 e. The Labute approximate surface area is 110 Å². The highest BCUT2D eigenvalue weighted by molar-refractivity contribution is 6.30. The predicted octanol–water partition coefficient (Wildman–Crippen LogP) is 3.12. The molecule has 0 aliphatic rings. The van der Waals surface area contributed by atoms with Gasteiger partial charge in [-0.05, 0) is 35.9 Å². The Kier molecular flexibility index (Phi) is 4.10. The largest absolute Gasteiger partial charge is 0.335 e. The lowest BCUT2D eigenvalue weighted by atomic mass is 10.1. The summed E-state index contributed by atoms with van der Waals surface area (Å²) in [6.07, 6.45) is 5.73. The van der Waals surface area contributed by atoms with Crippen LogP contribution < -0.4 is 5.32 Å². The second kappa shape index (κ2) is 5.98. The molecule has 1 N–H and O–H groups in total. The van der Waals surface area contributed by atoms with Crippen LogP contribution in [0, 0.1) is 0 Å². The van der Waals surface area contributed by atoms with Crippen molar-refractivity contribution in [3.8, 4) is 11.3 Å². The zero-order valence-electron chi connectivity index (χ0n) is 9.51. The zero-order chi connectivity index (χ0) is 12.8. The van der Waals surface area contributed by atoms with Gasteiger partial charge in [-0.15, -0.1) is 0 Å². The van der Waals surface area contributed by atoms with Crippen LogP contribution in [0.5, 0.6) is 0 Å². The molecule has 1 aromatic heterocycles. The molecule has 0 saturated heterocycles. The Hall–Kier alpha value is -2.13. The average molecular weight is 259 g/mol. The van der Waals surface area contributed by atoms with E-state index in [2.05, 4.69) is 10.3 Å². The molecular formula is C14H11ClN2O. The maximum absolute atomic E-state index is 10.1. The van der Waals surface area contributed by atoms with Crippen molar-refractivity contribution in [1.82, 2.24) is 10.3 Å². The number of benzene rings is 1. The minimum Gasteiger partial charge on any atom is -0.335 e. The fourth-order valence-electron chi connectivity index (χ4n) is 1.51. The Bertz CT molecular complexity index is 564. The molecule has 1 aromatic carbocycles. The first kappa shape index (κ1) is 12.3. The van der Waals surface area contributed by atoms with E-state index in [4.69, 9.17) is 11.6 Å². The highest BCUT2D eigenvalue weighted by Crippen LogP contribution is 2.20. The summed E-state index contributed by atoms with van der Waals surface area (Å²) < 4.78 is 0. The first-order valence-corrected chi connectivity index (χ1v) is 5.75. The van der Waals surface area contributed by atoms with E-state index in [0.29, 0.717) is 11.4 Å². The fraction of sp³-hybridized carbons (Fsp3) is 0. The second-order valence-electron chi connectivity index (χ2n) is 3.60. The lowest BCUT2D eigenvalue weighted by molar-refractivity contribution is -0.108. The number of hydrogen-bond acceptors (Lipinski definition) is 2. The van der Waals surface area contributed by atoms with Gasteiger partial charge < -0.3 is 5.32 Å². The fourth-order valence-corrected chi connectivity index (χ4v) is 1.64. The molecular weight excluding hydrogens is 248 g/mol. The van der Waals surface area contributed by atoms with Gasteiger partial charge in [-0.1, -0.05) is 23.7 Å². The third kappa shape index (κ3) is 3.18. The molecule has 18 heavy (non-hydrogen) atoms. The molecule has 3 nitrogen and oxygen atoms in total. The smallest absolute Gasteiger partial charge is 0.211 e. The molecule has 0 spiro atoms. The molecule has 0 atom stereocenters. The topological polar surface area (TPSA) is 42.0 Å². The Morgan fingerprint density at radius 2 is 1.94 bits per heavy atom. The molecule has 0 fully saturated rings. The first-order chi connectivity index (χ1) is 8.79. The van der Waals surface area contributed by atoms with Gasteiger partial charge in [-0.2, -0.15) is 0 Å². The molecule has 0 saturated carbocycles. The predicted molar refractivity (Wildman–Crippen MR) is 72.9 cm³/mol. The highest BCUT2D eigenvalue weighted by Gasteiger charge is 1.99. The van der Waals surface area contributed by atoms with Crippen molar-refractivity contribution in [2.45, 2.75) is 0 Å². The number of carbonyl (C=O) groups excluding carboxylic acids is 1. The number of pyridine rings is 1. The molecule has 0 unspecified atom stereocenters. The van der Waals surface area contributed by atoms with Gasteiger partial charge in [0, 0.05) is 23.0 Å². The molecule has 2 aromatic rings. The average Bonchev–Trinajstić information content (AvgIpc) is 2.40. The summed E-state index contributed by atoms with van der Waals surface area (Å²) >= 11 is 5.84. The summed E-state index contributed by atoms with van der Waals surface area (Å²) in [4.78, 5) is 14.4. The monoisotopic (exact) mass is 258 g/mol. The first-order valence-electron chi connectivity index (χ1n) is 5.38. The van der Waals surface area contributed by atoms with Crippen molar-refractivity contribution >= 4 is 24.1 Å². The number of halogens is 1. The van der Waals surface area contributed by atoms with E-state index in [1.54, 1.807) is 18.5 Å². The van der Waals surface area contributed by atoms with Gasteiger partial charge in [-0.25, -0.2) is 0 Å². The van der Waals surface area contributed by atoms with Gasteiger partial charge in [0.25, 0.3) is 0 Å². The van der Waals surface area contributed by atoms with E-state index in [1.807, 2.05) is 36.4 Å². The molecule has 1 heterocycles. The van der Waals surface area contributed by atoms with E-state index in [-0.39, 0.29) is 0 Å². The number of rotatable bonds is 4. The second-order valence-corrected chi connectivity index (χ2v) is 4.04. The summed E-state index contributed by atoms with van der Waals surface area (Å²) in [7, 11) is 0. The molecule has 90 valence electrons. The zero-order valence-corrected chi connectivity index (χ0v) is 10.3. The summed E-state index contributed by atoms with van der Waals surface area (Å²) in [6, 6.07) is 11.3. The van der Waals surface area contributed by atoms with Crippen LogP contribution in [0.1, 0.15) is 5.56 Å². The highest BCUT2D eigenvalue weighted by atomic mass is 35.5. The summed E-state index contributed by atoms with van der Waals surface area (Å²) in [5.41, 5.74) is 2.82. The van der Waals surface area contributed by atoms with Crippen molar-refractivity contribution in [3.63, 3.8) is 0 Å². The standard InChI is InChI=1S/C14H11ClN2O/c15-13-3-1-12(2-4-13)14-9-11(6-8-17-14)5-7-16-10-18/h1-10H,(H,16,18)/b7-5-. The molecule has 0 aliphatic carbocycles. The molecule has 4 heteroatoms. The van der Waals surface area contributed by atoms with E-state index < -0.39 is 0 Å². The van der Waals surface area contributed by atoms with Crippen molar-refractivity contribution in [2.75, 3.05) is 0 Å². The summed E-state index contributed by atoms with van der Waals surface area (Å²) in [5, 5.41) is 3.16. The van der Waals surface area contributed by atoms with Gasteiger partial charge in [0.05, 0.1) is 5.69 Å². The van der Waals surface area contributed by atoms with Crippen LogP contribution in [0.25, 0.3) is 17.3 Å². The molecule has 0 aliphatic heterocycles. The minimum absolute atomic E-state index is 0.623. The van der Waals surface area contributed by atoms with Gasteiger partial charge in [0.2, 0.25) is 6.41 Å². The van der Waals surface area contributed by atoms with E-state index in [1.165, 1.54) is 0 Å². The van der Waals surface area contributed by atoms with Crippen molar-refractivity contribution in [2.24, 2.45) is 0 Å². The number of hydrogen-bond donors (Lipinski definition) is 1. The van der Waals surface area contributed by atoms with Crippen LogP contribution in [0.2, 0.25) is 5.02 Å². The van der Waals surface area contributed by atoms with E-state index in [9.17, 15) is 4.79 Å². The third-order valence-electron chi connectivity index (χ3n) is 2.36. The lowest BCUT2D eigenvalue weighted by Crippen LogP contribution is -1.97. The number of aromatic nitrogens is 1. The lowest BCUT2D eigenvalue weighted by Gasteiger charge is -2.02. The minimum atomic E-state index is 0.623. The van der Waals surface area contributed by atoms with Gasteiger partial charge in [0.15, 0.2) is 0 Å². The Balaban J connectivity index is 2.26. The van der Waals surface area contributed by atoms with Crippen LogP contribution in [0.15, 0.2) is 48.8 Å². The summed E-state index contributed by atoms with van der Waals surface area (Å²) in [5.74, 6) is 0. The van der Waals surface area contributed by atoms with Gasteiger partial charge >= 0.3 is 0 Å². The van der Waals surface area contributed by atoms with Crippen LogP contribution in [-0.2, 0) is 4.79 Å². The SMILES string of the molecule is O=CN/C=C\c1ccnc(-c2ccc(Cl)cc2)c1. The van der Waals surface area contributed by atoms with Crippen molar-refractivity contribution in [1.29, 1.82) is 0 Å². The number of carbonyl (C=O) groups is 1. The van der Waals surface area contributed by atoms with E-state index >= 15 is 0 Å². The van der Waals surface area contributed by atoms with Crippen molar-refractivity contribution in [3.05, 3.63) is 59.4 Å². The van der Waals surface area contributed by atoms with Crippen molar-refractivity contribution < 1.29 is 4.79 Å². The Morgan fingerprint density at radius 3 is 2.67 bits per heavy atom. The van der Waals surface area contributed by atoms with Crippen LogP contribution in [-0.4, -0.2) is 11.4 Å². The summed E-state index contributed by atoms with van der Waals surface area (Å²) in [6.45, 7) is 0. The molecule has 2 rings (SSSR count). The molecule has 1 amide bonds. The van der Waals surface area contributed by atoms with Crippen LogP contribution >= 0.6 is 11.6 Å². The Morgan fingerprint density at radius 1 is 1.17 bits per heavy atom. The van der Waals surface area contributed by atoms with Gasteiger partial charge in [-0.3, -0.25) is 9.78 Å². The number of nitrogens with zero attached hydrogens (tertiary/aromatic N) is 1. The third-order valence-corrected chi connectivity index (χ3v) is 2.62. The van der Waals surface area contributed by atoms with E-state index in [0.717, 1.165) is 16.8 Å². The molecule has 0 radical (unpaired) electrons. The normalized spacial score (nSPS) is 10.5.